The van der Waals surface area contributed by atoms with Crippen molar-refractivity contribution in [3.8, 4) is 22.8 Å². The van der Waals surface area contributed by atoms with E-state index in [1.54, 1.807) is 28.9 Å². The maximum Gasteiger partial charge on any atom is 0.309 e. The quantitative estimate of drug-likeness (QED) is 0.474. The van der Waals surface area contributed by atoms with Gasteiger partial charge in [0.2, 0.25) is 5.82 Å². The third kappa shape index (κ3) is 4.94. The van der Waals surface area contributed by atoms with Crippen molar-refractivity contribution in [2.45, 2.75) is 0 Å². The van der Waals surface area contributed by atoms with E-state index in [-0.39, 0.29) is 12.4 Å². The first-order valence-corrected chi connectivity index (χ1v) is 9.55. The number of hydrogen-bond acceptors (Lipinski definition) is 5. The number of rotatable bonds is 6. The highest BCUT2D eigenvalue weighted by atomic mass is 16.5. The largest absolute Gasteiger partial charge is 0.484 e. The summed E-state index contributed by atoms with van der Waals surface area (Å²) >= 11 is 0. The second-order valence-electron chi connectivity index (χ2n) is 6.48. The molecule has 4 rings (SSSR count). The number of ether oxygens (including phenoxy) is 1. The summed E-state index contributed by atoms with van der Waals surface area (Å²) in [6.07, 6.45) is 0. The van der Waals surface area contributed by atoms with Crippen LogP contribution in [0.15, 0.2) is 91.0 Å². The van der Waals surface area contributed by atoms with Crippen LogP contribution in [0.4, 0.5) is 0 Å². The van der Waals surface area contributed by atoms with Gasteiger partial charge in [0.15, 0.2) is 12.4 Å². The Bertz CT molecular complexity index is 1100. The molecule has 154 valence electrons. The second-order valence-corrected chi connectivity index (χ2v) is 6.48. The fraction of sp³-hybridized carbons (Fsp3) is 0.0435. The van der Waals surface area contributed by atoms with Crippen LogP contribution in [0.2, 0.25) is 0 Å². The molecule has 0 radical (unpaired) electrons. The summed E-state index contributed by atoms with van der Waals surface area (Å²) in [5, 5.41) is 4.34. The summed E-state index contributed by atoms with van der Waals surface area (Å²) in [6.45, 7) is -0.245. The summed E-state index contributed by atoms with van der Waals surface area (Å²) < 4.78 is 6.93. The van der Waals surface area contributed by atoms with E-state index in [1.165, 1.54) is 0 Å². The van der Waals surface area contributed by atoms with Crippen LogP contribution < -0.4 is 15.6 Å². The molecule has 0 unspecified atom stereocenters. The van der Waals surface area contributed by atoms with Crippen LogP contribution in [0.1, 0.15) is 10.6 Å². The summed E-state index contributed by atoms with van der Waals surface area (Å²) in [5.41, 5.74) is 6.19. The smallest absolute Gasteiger partial charge is 0.309 e. The monoisotopic (exact) mass is 413 g/mol. The number of carbonyl (C=O) groups is 2. The molecule has 1 aromatic heterocycles. The number of nitrogens with zero attached hydrogens (tertiary/aromatic N) is 3. The third-order valence-electron chi connectivity index (χ3n) is 4.27. The molecule has 8 nitrogen and oxygen atoms in total. The van der Waals surface area contributed by atoms with E-state index < -0.39 is 11.8 Å². The number of nitrogens with one attached hydrogen (secondary N) is 2. The number of para-hydroxylation sites is 2. The van der Waals surface area contributed by atoms with E-state index in [0.717, 1.165) is 11.3 Å². The summed E-state index contributed by atoms with van der Waals surface area (Å²) in [7, 11) is 0. The molecule has 2 N–H and O–H groups in total. The zero-order valence-electron chi connectivity index (χ0n) is 16.4. The van der Waals surface area contributed by atoms with Gasteiger partial charge < -0.3 is 4.74 Å². The van der Waals surface area contributed by atoms with E-state index in [0.29, 0.717) is 11.6 Å². The first-order valence-electron chi connectivity index (χ1n) is 9.55. The van der Waals surface area contributed by atoms with E-state index >= 15 is 0 Å². The molecule has 1 heterocycles. The van der Waals surface area contributed by atoms with E-state index in [1.807, 2.05) is 66.7 Å². The predicted octanol–water partition coefficient (Wildman–Crippen LogP) is 2.77. The van der Waals surface area contributed by atoms with E-state index in [9.17, 15) is 9.59 Å². The Morgan fingerprint density at radius 3 is 2.10 bits per heavy atom. The van der Waals surface area contributed by atoms with Gasteiger partial charge in [0, 0.05) is 5.56 Å². The average molecular weight is 413 g/mol. The maximum absolute atomic E-state index is 12.5. The molecule has 0 atom stereocenters. The molecule has 4 aromatic rings. The van der Waals surface area contributed by atoms with Crippen LogP contribution in [-0.2, 0) is 4.79 Å². The minimum atomic E-state index is -0.639. The number of hydrogen-bond donors (Lipinski definition) is 2. The molecule has 0 bridgehead atoms. The summed E-state index contributed by atoms with van der Waals surface area (Å²) in [4.78, 5) is 28.9. The third-order valence-corrected chi connectivity index (χ3v) is 4.27. The molecular weight excluding hydrogens is 394 g/mol. The van der Waals surface area contributed by atoms with Gasteiger partial charge in [-0.3, -0.25) is 20.4 Å². The zero-order chi connectivity index (χ0) is 21.5. The SMILES string of the molecule is O=C(COc1ccccc1)NNC(=O)c1nc(-c2ccccc2)n(-c2ccccc2)n1. The van der Waals surface area contributed by atoms with Gasteiger partial charge in [-0.25, -0.2) is 9.67 Å². The molecule has 0 aliphatic rings. The van der Waals surface area contributed by atoms with Crippen molar-refractivity contribution in [1.82, 2.24) is 25.6 Å². The highest BCUT2D eigenvalue weighted by Gasteiger charge is 2.19. The molecule has 31 heavy (non-hydrogen) atoms. The van der Waals surface area contributed by atoms with Crippen molar-refractivity contribution in [3.05, 3.63) is 96.8 Å². The Morgan fingerprint density at radius 2 is 1.42 bits per heavy atom. The van der Waals surface area contributed by atoms with Crippen molar-refractivity contribution in [2.24, 2.45) is 0 Å². The molecule has 0 aliphatic heterocycles. The number of amides is 2. The van der Waals surface area contributed by atoms with Gasteiger partial charge in [-0.2, -0.15) is 0 Å². The van der Waals surface area contributed by atoms with E-state index in [4.69, 9.17) is 4.74 Å². The van der Waals surface area contributed by atoms with Crippen molar-refractivity contribution in [1.29, 1.82) is 0 Å². The summed E-state index contributed by atoms with van der Waals surface area (Å²) in [6, 6.07) is 27.7. The van der Waals surface area contributed by atoms with Crippen molar-refractivity contribution >= 4 is 11.8 Å². The first kappa shape index (κ1) is 19.8. The Hall–Kier alpha value is -4.46. The highest BCUT2D eigenvalue weighted by Crippen LogP contribution is 2.20. The van der Waals surface area contributed by atoms with Gasteiger partial charge in [0.25, 0.3) is 5.91 Å². The number of aromatic nitrogens is 3. The molecule has 8 heteroatoms. The molecular formula is C23H19N5O3. The van der Waals surface area contributed by atoms with Gasteiger partial charge in [-0.1, -0.05) is 66.7 Å². The molecule has 3 aromatic carbocycles. The Morgan fingerprint density at radius 1 is 0.806 bits per heavy atom. The van der Waals surface area contributed by atoms with Gasteiger partial charge in [-0.15, -0.1) is 5.10 Å². The lowest BCUT2D eigenvalue weighted by molar-refractivity contribution is -0.123. The Labute approximate surface area is 178 Å². The number of benzene rings is 3. The topological polar surface area (TPSA) is 98.1 Å². The van der Waals surface area contributed by atoms with Crippen LogP contribution in [0.3, 0.4) is 0 Å². The number of hydrazine groups is 1. The lowest BCUT2D eigenvalue weighted by atomic mass is 10.2. The molecule has 0 fully saturated rings. The fourth-order valence-electron chi connectivity index (χ4n) is 2.82. The van der Waals surface area contributed by atoms with Gasteiger partial charge in [0.1, 0.15) is 5.75 Å². The van der Waals surface area contributed by atoms with Gasteiger partial charge in [0.05, 0.1) is 5.69 Å². The van der Waals surface area contributed by atoms with Crippen LogP contribution in [0.25, 0.3) is 17.1 Å². The summed E-state index contributed by atoms with van der Waals surface area (Å²) in [5.74, 6) is -0.162. The molecule has 0 saturated carbocycles. The van der Waals surface area contributed by atoms with Gasteiger partial charge in [-0.05, 0) is 24.3 Å². The maximum atomic E-state index is 12.5. The minimum Gasteiger partial charge on any atom is -0.484 e. The van der Waals surface area contributed by atoms with Crippen molar-refractivity contribution in [2.75, 3.05) is 6.61 Å². The molecule has 0 aliphatic carbocycles. The van der Waals surface area contributed by atoms with Crippen LogP contribution in [-0.4, -0.2) is 33.2 Å². The lowest BCUT2D eigenvalue weighted by Gasteiger charge is -2.07. The van der Waals surface area contributed by atoms with Crippen molar-refractivity contribution < 1.29 is 14.3 Å². The first-order chi connectivity index (χ1) is 15.2. The molecule has 2 amide bonds. The Balaban J connectivity index is 1.47. The molecule has 0 saturated heterocycles. The van der Waals surface area contributed by atoms with Crippen LogP contribution in [0.5, 0.6) is 5.75 Å². The Kier molecular flexibility index (Phi) is 5.99. The zero-order valence-corrected chi connectivity index (χ0v) is 16.4. The van der Waals surface area contributed by atoms with Crippen molar-refractivity contribution in [3.63, 3.8) is 0 Å². The minimum absolute atomic E-state index is 0.0769. The fourth-order valence-corrected chi connectivity index (χ4v) is 2.82. The van der Waals surface area contributed by atoms with Gasteiger partial charge >= 0.3 is 5.91 Å². The average Bonchev–Trinajstić information content (AvgIpc) is 3.29. The molecule has 0 spiro atoms. The standard InChI is InChI=1S/C23H19N5O3/c29-20(16-31-19-14-8-3-9-15-19)25-26-23(30)21-24-22(17-10-4-1-5-11-17)28(27-21)18-12-6-2-7-13-18/h1-15H,16H2,(H,25,29)(H,26,30). The normalized spacial score (nSPS) is 10.3. The lowest BCUT2D eigenvalue weighted by Crippen LogP contribution is -2.44. The van der Waals surface area contributed by atoms with Crippen LogP contribution in [0, 0.1) is 0 Å². The second kappa shape index (κ2) is 9.36. The van der Waals surface area contributed by atoms with E-state index in [2.05, 4.69) is 20.9 Å². The van der Waals surface area contributed by atoms with Crippen LogP contribution >= 0.6 is 0 Å². The highest BCUT2D eigenvalue weighted by molar-refractivity contribution is 5.92. The predicted molar refractivity (Wildman–Crippen MR) is 114 cm³/mol. The number of carbonyl (C=O) groups excluding carboxylic acids is 2.